The minimum absolute atomic E-state index is 0.0240. The Balaban J connectivity index is 1.51. The fraction of sp³-hybridized carbons (Fsp3) is 0.318. The van der Waals surface area contributed by atoms with Crippen LogP contribution in [0.5, 0.6) is 0 Å². The molecule has 1 heterocycles. The third-order valence-corrected chi connectivity index (χ3v) is 4.95. The van der Waals surface area contributed by atoms with E-state index >= 15 is 0 Å². The molecule has 3 rings (SSSR count). The molecule has 1 aliphatic heterocycles. The van der Waals surface area contributed by atoms with Crippen LogP contribution in [0.15, 0.2) is 48.5 Å². The van der Waals surface area contributed by atoms with Crippen LogP contribution in [-0.2, 0) is 4.79 Å². The summed E-state index contributed by atoms with van der Waals surface area (Å²) in [5.41, 5.74) is 1.13. The van der Waals surface area contributed by atoms with E-state index in [-0.39, 0.29) is 23.5 Å². The highest BCUT2D eigenvalue weighted by Gasteiger charge is 2.28. The second-order valence-corrected chi connectivity index (χ2v) is 7.25. The van der Waals surface area contributed by atoms with Gasteiger partial charge in [0.2, 0.25) is 5.91 Å². The lowest BCUT2D eigenvalue weighted by atomic mass is 9.97. The van der Waals surface area contributed by atoms with Gasteiger partial charge in [0, 0.05) is 31.0 Å². The summed E-state index contributed by atoms with van der Waals surface area (Å²) in [6.07, 6.45) is 1.54. The van der Waals surface area contributed by atoms with Crippen LogP contribution in [0.2, 0.25) is 0 Å². The molecule has 8 nitrogen and oxygen atoms in total. The first-order valence-electron chi connectivity index (χ1n) is 10.2. The Morgan fingerprint density at radius 2 is 1.68 bits per heavy atom. The third kappa shape index (κ3) is 6.18. The summed E-state index contributed by atoms with van der Waals surface area (Å²) in [4.78, 5) is 38.3. The van der Waals surface area contributed by atoms with Gasteiger partial charge in [-0.05, 0) is 56.2 Å². The number of hydrogen-bond acceptors (Lipinski definition) is 3. The average molecular weight is 427 g/mol. The average Bonchev–Trinajstić information content (AvgIpc) is 2.77. The maximum absolute atomic E-state index is 13.6. The molecule has 164 valence electrons. The zero-order chi connectivity index (χ0) is 22.2. The number of hydrogen-bond donors (Lipinski definition) is 4. The van der Waals surface area contributed by atoms with Crippen LogP contribution >= 0.6 is 0 Å². The quantitative estimate of drug-likeness (QED) is 0.583. The van der Waals surface area contributed by atoms with E-state index < -0.39 is 11.8 Å². The van der Waals surface area contributed by atoms with Crippen molar-refractivity contribution in [2.75, 3.05) is 35.6 Å². The predicted octanol–water partition coefficient (Wildman–Crippen LogP) is 3.85. The second-order valence-electron chi connectivity index (χ2n) is 7.25. The molecule has 2 aromatic carbocycles. The summed E-state index contributed by atoms with van der Waals surface area (Å²) in [6.45, 7) is 3.42. The third-order valence-electron chi connectivity index (χ3n) is 4.95. The van der Waals surface area contributed by atoms with E-state index in [0.29, 0.717) is 31.0 Å². The fourth-order valence-electron chi connectivity index (χ4n) is 3.38. The highest BCUT2D eigenvalue weighted by atomic mass is 19.1. The van der Waals surface area contributed by atoms with Crippen molar-refractivity contribution in [1.82, 2.24) is 10.2 Å². The Hall–Kier alpha value is -3.62. The van der Waals surface area contributed by atoms with Crippen LogP contribution < -0.4 is 21.3 Å². The lowest BCUT2D eigenvalue weighted by molar-refractivity contribution is -0.126. The number of piperidine rings is 1. The van der Waals surface area contributed by atoms with Gasteiger partial charge in [-0.15, -0.1) is 0 Å². The van der Waals surface area contributed by atoms with Gasteiger partial charge in [-0.1, -0.05) is 12.1 Å². The van der Waals surface area contributed by atoms with Gasteiger partial charge in [0.1, 0.15) is 5.82 Å². The van der Waals surface area contributed by atoms with E-state index in [1.165, 1.54) is 18.2 Å². The van der Waals surface area contributed by atoms with E-state index in [1.807, 2.05) is 6.92 Å². The number of carbonyl (C=O) groups excluding carboxylic acids is 3. The maximum atomic E-state index is 13.6. The Kier molecular flexibility index (Phi) is 7.42. The number of urea groups is 2. The standard InChI is InChI=1S/C22H26FN5O3/c1-2-24-20(29)15-6-5-13-28(14-15)22(31)26-17-11-9-16(10-12-17)25-21(30)27-19-8-4-3-7-18(19)23/h3-4,7-12,15H,2,5-6,13-14H2,1H3,(H,24,29)(H,26,31)(H2,25,27,30). The van der Waals surface area contributed by atoms with Gasteiger partial charge in [-0.2, -0.15) is 0 Å². The maximum Gasteiger partial charge on any atom is 0.323 e. The van der Waals surface area contributed by atoms with Gasteiger partial charge in [0.25, 0.3) is 0 Å². The summed E-state index contributed by atoms with van der Waals surface area (Å²) < 4.78 is 13.6. The number of likely N-dealkylation sites (tertiary alicyclic amines) is 1. The minimum atomic E-state index is -0.577. The van der Waals surface area contributed by atoms with Gasteiger partial charge >= 0.3 is 12.1 Å². The molecule has 2 aromatic rings. The van der Waals surface area contributed by atoms with E-state index in [1.54, 1.807) is 35.2 Å². The second kappa shape index (κ2) is 10.4. The number of rotatable bonds is 5. The topological polar surface area (TPSA) is 103 Å². The van der Waals surface area contributed by atoms with Crippen molar-refractivity contribution in [3.8, 4) is 0 Å². The van der Waals surface area contributed by atoms with Crippen molar-refractivity contribution in [1.29, 1.82) is 0 Å². The fourth-order valence-corrected chi connectivity index (χ4v) is 3.38. The Morgan fingerprint density at radius 3 is 2.35 bits per heavy atom. The highest BCUT2D eigenvalue weighted by Crippen LogP contribution is 2.19. The highest BCUT2D eigenvalue weighted by molar-refractivity contribution is 6.00. The molecule has 1 fully saturated rings. The number of nitrogens with one attached hydrogen (secondary N) is 4. The monoisotopic (exact) mass is 427 g/mol. The normalized spacial score (nSPS) is 15.7. The van der Waals surface area contributed by atoms with Crippen LogP contribution in [0, 0.1) is 11.7 Å². The lowest BCUT2D eigenvalue weighted by Gasteiger charge is -2.32. The largest absolute Gasteiger partial charge is 0.356 e. The van der Waals surface area contributed by atoms with Crippen LogP contribution in [0.3, 0.4) is 0 Å². The SMILES string of the molecule is CCNC(=O)C1CCCN(C(=O)Nc2ccc(NC(=O)Nc3ccccc3F)cc2)C1. The molecule has 9 heteroatoms. The van der Waals surface area contributed by atoms with E-state index in [0.717, 1.165) is 12.8 Å². The molecular formula is C22H26FN5O3. The summed E-state index contributed by atoms with van der Waals surface area (Å²) in [5, 5.41) is 10.7. The van der Waals surface area contributed by atoms with Crippen molar-refractivity contribution in [2.24, 2.45) is 5.92 Å². The van der Waals surface area contributed by atoms with E-state index in [9.17, 15) is 18.8 Å². The first-order valence-corrected chi connectivity index (χ1v) is 10.2. The number of halogens is 1. The Labute approximate surface area is 180 Å². The molecule has 5 amide bonds. The van der Waals surface area contributed by atoms with Gasteiger partial charge < -0.3 is 26.2 Å². The Morgan fingerprint density at radius 1 is 1.00 bits per heavy atom. The lowest BCUT2D eigenvalue weighted by Crippen LogP contribution is -2.46. The predicted molar refractivity (Wildman–Crippen MR) is 117 cm³/mol. The summed E-state index contributed by atoms with van der Waals surface area (Å²) in [5.74, 6) is -0.745. The van der Waals surface area contributed by atoms with Crippen molar-refractivity contribution in [3.63, 3.8) is 0 Å². The van der Waals surface area contributed by atoms with Gasteiger partial charge in [-0.3, -0.25) is 4.79 Å². The molecule has 0 saturated carbocycles. The molecule has 4 N–H and O–H groups in total. The molecular weight excluding hydrogens is 401 g/mol. The summed E-state index contributed by atoms with van der Waals surface area (Å²) in [6, 6.07) is 11.6. The van der Waals surface area contributed by atoms with Crippen molar-refractivity contribution >= 4 is 35.0 Å². The van der Waals surface area contributed by atoms with Crippen LogP contribution in [0.25, 0.3) is 0 Å². The van der Waals surface area contributed by atoms with Gasteiger partial charge in [-0.25, -0.2) is 14.0 Å². The molecule has 1 aliphatic rings. The number of carbonyl (C=O) groups is 3. The van der Waals surface area contributed by atoms with Gasteiger partial charge in [0.15, 0.2) is 0 Å². The Bertz CT molecular complexity index is 935. The van der Waals surface area contributed by atoms with Crippen LogP contribution in [0.1, 0.15) is 19.8 Å². The minimum Gasteiger partial charge on any atom is -0.356 e. The molecule has 1 saturated heterocycles. The smallest absolute Gasteiger partial charge is 0.323 e. The molecule has 31 heavy (non-hydrogen) atoms. The number of nitrogens with zero attached hydrogens (tertiary/aromatic N) is 1. The summed E-state index contributed by atoms with van der Waals surface area (Å²) in [7, 11) is 0. The van der Waals surface area contributed by atoms with Crippen molar-refractivity contribution in [3.05, 3.63) is 54.3 Å². The number of amides is 5. The molecule has 0 aromatic heterocycles. The van der Waals surface area contributed by atoms with Gasteiger partial charge in [0.05, 0.1) is 11.6 Å². The van der Waals surface area contributed by atoms with Crippen LogP contribution in [0.4, 0.5) is 31.0 Å². The summed E-state index contributed by atoms with van der Waals surface area (Å²) >= 11 is 0. The van der Waals surface area contributed by atoms with Crippen molar-refractivity contribution in [2.45, 2.75) is 19.8 Å². The zero-order valence-electron chi connectivity index (χ0n) is 17.3. The molecule has 1 unspecified atom stereocenters. The number of anilines is 3. The molecule has 0 spiro atoms. The molecule has 0 bridgehead atoms. The zero-order valence-corrected chi connectivity index (χ0v) is 17.3. The molecule has 0 aliphatic carbocycles. The first-order chi connectivity index (χ1) is 15.0. The van der Waals surface area contributed by atoms with E-state index in [4.69, 9.17) is 0 Å². The first kappa shape index (κ1) is 22.1. The number of benzene rings is 2. The molecule has 1 atom stereocenters. The van der Waals surface area contributed by atoms with Crippen molar-refractivity contribution < 1.29 is 18.8 Å². The van der Waals surface area contributed by atoms with E-state index in [2.05, 4.69) is 21.3 Å². The van der Waals surface area contributed by atoms with Crippen LogP contribution in [-0.4, -0.2) is 42.5 Å². The molecule has 0 radical (unpaired) electrons. The number of para-hydroxylation sites is 1.